The minimum Gasteiger partial charge on any atom is -0.335 e. The van der Waals surface area contributed by atoms with Crippen molar-refractivity contribution in [2.24, 2.45) is 7.05 Å². The molecule has 1 aromatic rings. The van der Waals surface area contributed by atoms with Crippen LogP contribution in [0.25, 0.3) is 0 Å². The summed E-state index contributed by atoms with van der Waals surface area (Å²) in [5.41, 5.74) is 2.68. The Morgan fingerprint density at radius 2 is 2.16 bits per heavy atom. The summed E-state index contributed by atoms with van der Waals surface area (Å²) >= 11 is 0. The number of aromatic nitrogens is 2. The van der Waals surface area contributed by atoms with Crippen LogP contribution in [-0.2, 0) is 20.0 Å². The van der Waals surface area contributed by atoms with Crippen LogP contribution in [0.4, 0.5) is 0 Å². The maximum absolute atomic E-state index is 8.54. The van der Waals surface area contributed by atoms with Gasteiger partial charge in [-0.3, -0.25) is 4.90 Å². The van der Waals surface area contributed by atoms with E-state index in [1.165, 1.54) is 17.2 Å². The van der Waals surface area contributed by atoms with E-state index in [2.05, 4.69) is 36.4 Å². The number of hydrogen-bond acceptors (Lipinski definition) is 3. The molecule has 19 heavy (non-hydrogen) atoms. The van der Waals surface area contributed by atoms with Gasteiger partial charge in [0.05, 0.1) is 11.8 Å². The van der Waals surface area contributed by atoms with E-state index in [-0.39, 0.29) is 0 Å². The van der Waals surface area contributed by atoms with Crippen molar-refractivity contribution in [3.63, 3.8) is 0 Å². The largest absolute Gasteiger partial charge is 0.335 e. The van der Waals surface area contributed by atoms with Gasteiger partial charge in [-0.1, -0.05) is 13.8 Å². The fourth-order valence-electron chi connectivity index (χ4n) is 2.85. The van der Waals surface area contributed by atoms with E-state index >= 15 is 0 Å². The van der Waals surface area contributed by atoms with Crippen LogP contribution < -0.4 is 0 Å². The summed E-state index contributed by atoms with van der Waals surface area (Å²) < 4.78 is 2.28. The zero-order valence-corrected chi connectivity index (χ0v) is 12.3. The van der Waals surface area contributed by atoms with Crippen LogP contribution in [0.3, 0.4) is 0 Å². The second kappa shape index (κ2) is 6.21. The van der Waals surface area contributed by atoms with Crippen molar-refractivity contribution >= 4 is 0 Å². The van der Waals surface area contributed by atoms with Crippen molar-refractivity contribution in [1.82, 2.24) is 14.5 Å². The van der Waals surface area contributed by atoms with Gasteiger partial charge in [0.1, 0.15) is 5.82 Å². The predicted octanol–water partition coefficient (Wildman–Crippen LogP) is 2.60. The molecule has 0 N–H and O–H groups in total. The smallest absolute Gasteiger partial charge is 0.111 e. The Balaban J connectivity index is 1.96. The second-order valence-electron chi connectivity index (χ2n) is 5.72. The zero-order chi connectivity index (χ0) is 13.8. The molecule has 1 aliphatic rings. The van der Waals surface area contributed by atoms with Gasteiger partial charge in [0.2, 0.25) is 0 Å². The zero-order valence-electron chi connectivity index (χ0n) is 12.3. The third kappa shape index (κ3) is 3.16. The normalized spacial score (nSPS) is 15.5. The summed E-state index contributed by atoms with van der Waals surface area (Å²) in [7, 11) is 2.14. The van der Waals surface area contributed by atoms with Gasteiger partial charge in [-0.15, -0.1) is 0 Å². The molecule has 2 heterocycles. The lowest BCUT2D eigenvalue weighted by molar-refractivity contribution is 0.244. The SMILES string of the molecule is CC(C)c1nc2c(n1C)CCN(CCCCC#N)C2. The molecule has 0 spiro atoms. The molecular formula is C15H24N4. The molecular weight excluding hydrogens is 236 g/mol. The van der Waals surface area contributed by atoms with Crippen LogP contribution in [0.1, 0.15) is 56.2 Å². The van der Waals surface area contributed by atoms with Crippen molar-refractivity contribution in [2.75, 3.05) is 13.1 Å². The molecule has 2 rings (SSSR count). The Bertz CT molecular complexity index is 467. The Hall–Kier alpha value is -1.34. The van der Waals surface area contributed by atoms with Crippen molar-refractivity contribution in [3.05, 3.63) is 17.2 Å². The van der Waals surface area contributed by atoms with Gasteiger partial charge >= 0.3 is 0 Å². The van der Waals surface area contributed by atoms with Crippen LogP contribution >= 0.6 is 0 Å². The molecule has 0 aliphatic carbocycles. The molecule has 4 heteroatoms. The molecule has 0 atom stereocenters. The summed E-state index contributed by atoms with van der Waals surface area (Å²) in [6.45, 7) is 7.59. The van der Waals surface area contributed by atoms with Crippen molar-refractivity contribution in [1.29, 1.82) is 5.26 Å². The van der Waals surface area contributed by atoms with Gasteiger partial charge in [0.25, 0.3) is 0 Å². The predicted molar refractivity (Wildman–Crippen MR) is 75.7 cm³/mol. The minimum absolute atomic E-state index is 0.486. The number of nitrogens with zero attached hydrogens (tertiary/aromatic N) is 4. The number of hydrogen-bond donors (Lipinski definition) is 0. The highest BCUT2D eigenvalue weighted by molar-refractivity contribution is 5.21. The first-order valence-electron chi connectivity index (χ1n) is 7.27. The van der Waals surface area contributed by atoms with Crippen molar-refractivity contribution in [3.8, 4) is 6.07 Å². The number of fused-ring (bicyclic) bond motifs is 1. The van der Waals surface area contributed by atoms with E-state index in [0.29, 0.717) is 12.3 Å². The summed E-state index contributed by atoms with van der Waals surface area (Å²) in [5, 5.41) is 8.54. The quantitative estimate of drug-likeness (QED) is 0.764. The highest BCUT2D eigenvalue weighted by Crippen LogP contribution is 2.23. The van der Waals surface area contributed by atoms with E-state index in [4.69, 9.17) is 10.2 Å². The van der Waals surface area contributed by atoms with Crippen molar-refractivity contribution in [2.45, 2.75) is 52.0 Å². The van der Waals surface area contributed by atoms with E-state index in [9.17, 15) is 0 Å². The van der Waals surface area contributed by atoms with Gasteiger partial charge in [0.15, 0.2) is 0 Å². The highest BCUT2D eigenvalue weighted by Gasteiger charge is 2.23. The maximum Gasteiger partial charge on any atom is 0.111 e. The van der Waals surface area contributed by atoms with Crippen LogP contribution in [0, 0.1) is 11.3 Å². The topological polar surface area (TPSA) is 44.9 Å². The molecule has 0 radical (unpaired) electrons. The Labute approximate surface area is 116 Å². The molecule has 104 valence electrons. The standard InChI is InChI=1S/C15H24N4/c1-12(2)15-17-13-11-19(9-6-4-5-8-16)10-7-14(13)18(15)3/h12H,4-7,9-11H2,1-3H3. The molecule has 0 saturated carbocycles. The van der Waals surface area contributed by atoms with Crippen LogP contribution in [0.15, 0.2) is 0 Å². The lowest BCUT2D eigenvalue weighted by Crippen LogP contribution is -2.32. The monoisotopic (exact) mass is 260 g/mol. The van der Waals surface area contributed by atoms with Crippen molar-refractivity contribution < 1.29 is 0 Å². The summed E-state index contributed by atoms with van der Waals surface area (Å²) in [6.07, 6.45) is 3.91. The lowest BCUT2D eigenvalue weighted by atomic mass is 10.1. The first-order valence-corrected chi connectivity index (χ1v) is 7.27. The molecule has 1 aromatic heterocycles. The Morgan fingerprint density at radius 1 is 1.37 bits per heavy atom. The summed E-state index contributed by atoms with van der Waals surface area (Å²) in [4.78, 5) is 7.28. The third-order valence-corrected chi connectivity index (χ3v) is 3.90. The molecule has 0 amide bonds. The highest BCUT2D eigenvalue weighted by atomic mass is 15.2. The van der Waals surface area contributed by atoms with Crippen LogP contribution in [0.5, 0.6) is 0 Å². The third-order valence-electron chi connectivity index (χ3n) is 3.90. The molecule has 1 aliphatic heterocycles. The van der Waals surface area contributed by atoms with Gasteiger partial charge in [-0.2, -0.15) is 5.26 Å². The van der Waals surface area contributed by atoms with Crippen LogP contribution in [-0.4, -0.2) is 27.5 Å². The Morgan fingerprint density at radius 3 is 2.84 bits per heavy atom. The van der Waals surface area contributed by atoms with E-state index in [1.54, 1.807) is 0 Å². The minimum atomic E-state index is 0.486. The second-order valence-corrected chi connectivity index (χ2v) is 5.72. The number of nitriles is 1. The van der Waals surface area contributed by atoms with Crippen LogP contribution in [0.2, 0.25) is 0 Å². The van der Waals surface area contributed by atoms with E-state index < -0.39 is 0 Å². The molecule has 0 saturated heterocycles. The summed E-state index contributed by atoms with van der Waals surface area (Å²) in [6, 6.07) is 2.21. The fraction of sp³-hybridized carbons (Fsp3) is 0.733. The first-order chi connectivity index (χ1) is 9.13. The lowest BCUT2D eigenvalue weighted by Gasteiger charge is -2.26. The molecule has 0 unspecified atom stereocenters. The molecule has 0 fully saturated rings. The van der Waals surface area contributed by atoms with E-state index in [0.717, 1.165) is 38.9 Å². The van der Waals surface area contributed by atoms with Gasteiger partial charge < -0.3 is 4.57 Å². The number of rotatable bonds is 5. The van der Waals surface area contributed by atoms with Gasteiger partial charge in [-0.25, -0.2) is 4.98 Å². The Kier molecular flexibility index (Phi) is 4.60. The van der Waals surface area contributed by atoms with E-state index in [1.807, 2.05) is 0 Å². The summed E-state index contributed by atoms with van der Waals surface area (Å²) in [5.74, 6) is 1.69. The first kappa shape index (κ1) is 14.1. The maximum atomic E-state index is 8.54. The molecule has 0 bridgehead atoms. The average Bonchev–Trinajstić information content (AvgIpc) is 2.72. The molecule has 4 nitrogen and oxygen atoms in total. The molecule has 0 aromatic carbocycles. The van der Waals surface area contributed by atoms with Gasteiger partial charge in [-0.05, 0) is 19.4 Å². The average molecular weight is 260 g/mol. The number of unbranched alkanes of at least 4 members (excludes halogenated alkanes) is 2. The van der Waals surface area contributed by atoms with Gasteiger partial charge in [0, 0.05) is 44.6 Å². The number of imidazole rings is 1. The fourth-order valence-corrected chi connectivity index (χ4v) is 2.85.